The number of rotatable bonds is 3. The second-order valence-electron chi connectivity index (χ2n) is 2.94. The second-order valence-corrected chi connectivity index (χ2v) is 2.94. The number of nitrogens with zero attached hydrogens (tertiary/aromatic N) is 1. The van der Waals surface area contributed by atoms with Gasteiger partial charge in [-0.2, -0.15) is 5.06 Å². The molecule has 0 saturated carbocycles. The van der Waals surface area contributed by atoms with Crippen LogP contribution in [0.5, 0.6) is 0 Å². The number of nitrogens with one attached hydrogen (secondary N) is 1. The van der Waals surface area contributed by atoms with Crippen molar-refractivity contribution in [1.29, 1.82) is 0 Å². The zero-order chi connectivity index (χ0) is 11.3. The molecule has 0 aromatic heterocycles. The Morgan fingerprint density at radius 3 is 1.62 bits per heavy atom. The van der Waals surface area contributed by atoms with Crippen molar-refractivity contribution in [3.05, 3.63) is 0 Å². The average molecular weight is 192 g/mol. The molecule has 0 aromatic rings. The summed E-state index contributed by atoms with van der Waals surface area (Å²) in [5, 5.41) is 12.7. The topological polar surface area (TPSA) is 35.5 Å². The van der Waals surface area contributed by atoms with Gasteiger partial charge in [0, 0.05) is 13.6 Å². The van der Waals surface area contributed by atoms with Gasteiger partial charge in [-0.15, -0.1) is 0 Å². The molecule has 0 aromatic carbocycles. The van der Waals surface area contributed by atoms with Crippen molar-refractivity contribution >= 4 is 0 Å². The van der Waals surface area contributed by atoms with Gasteiger partial charge in [0.05, 0.1) is 0 Å². The fraction of sp³-hybridized carbons (Fsp3) is 1.00. The molecule has 0 bridgehead atoms. The van der Waals surface area contributed by atoms with E-state index in [1.165, 1.54) is 5.06 Å². The smallest absolute Gasteiger partial charge is 0.0258 e. The third-order valence-electron chi connectivity index (χ3n) is 0.983. The van der Waals surface area contributed by atoms with Gasteiger partial charge in [-0.3, -0.25) is 0 Å². The minimum Gasteiger partial charge on any atom is -0.320 e. The summed E-state index contributed by atoms with van der Waals surface area (Å²) in [7, 11) is 3.58. The van der Waals surface area contributed by atoms with E-state index < -0.39 is 0 Å². The van der Waals surface area contributed by atoms with Crippen LogP contribution in [-0.2, 0) is 0 Å². The van der Waals surface area contributed by atoms with Crippen molar-refractivity contribution in [1.82, 2.24) is 10.4 Å². The van der Waals surface area contributed by atoms with Crippen LogP contribution in [-0.4, -0.2) is 37.5 Å². The van der Waals surface area contributed by atoms with E-state index >= 15 is 0 Å². The van der Waals surface area contributed by atoms with Gasteiger partial charge in [0.15, 0.2) is 0 Å². The highest BCUT2D eigenvalue weighted by Crippen LogP contribution is 1.90. The van der Waals surface area contributed by atoms with Gasteiger partial charge in [0.1, 0.15) is 0 Å². The van der Waals surface area contributed by atoms with Gasteiger partial charge in [0.2, 0.25) is 0 Å². The molecule has 0 fully saturated rings. The lowest BCUT2D eigenvalue weighted by Gasteiger charge is -2.09. The fourth-order valence-corrected chi connectivity index (χ4v) is 0.528. The Bertz CT molecular complexity index is 57.9. The maximum atomic E-state index is 8.56. The summed E-state index contributed by atoms with van der Waals surface area (Å²) in [5.41, 5.74) is 0. The lowest BCUT2D eigenvalue weighted by atomic mass is 10.2. The van der Waals surface area contributed by atoms with Crippen molar-refractivity contribution in [3.63, 3.8) is 0 Å². The molecule has 0 amide bonds. The van der Waals surface area contributed by atoms with Crippen LogP contribution in [0.25, 0.3) is 0 Å². The monoisotopic (exact) mass is 192 g/mol. The summed E-state index contributed by atoms with van der Waals surface area (Å²) < 4.78 is 0. The molecule has 0 radical (unpaired) electrons. The molecular formula is C10H28N2O. The Kier molecular flexibility index (Phi) is 25.5. The van der Waals surface area contributed by atoms with Gasteiger partial charge in [-0.25, -0.2) is 0 Å². The highest BCUT2D eigenvalue weighted by atomic mass is 16.5. The predicted molar refractivity (Wildman–Crippen MR) is 60.2 cm³/mol. The Labute approximate surface area is 84.1 Å². The van der Waals surface area contributed by atoms with Crippen molar-refractivity contribution in [3.8, 4) is 0 Å². The van der Waals surface area contributed by atoms with Gasteiger partial charge in [-0.1, -0.05) is 34.6 Å². The Hall–Kier alpha value is -0.120. The molecule has 13 heavy (non-hydrogen) atoms. The molecule has 0 unspecified atom stereocenters. The largest absolute Gasteiger partial charge is 0.320 e. The first-order valence-corrected chi connectivity index (χ1v) is 5.09. The molecule has 84 valence electrons. The van der Waals surface area contributed by atoms with E-state index in [9.17, 15) is 0 Å². The zero-order valence-corrected chi connectivity index (χ0v) is 10.4. The first-order valence-electron chi connectivity index (χ1n) is 5.09. The summed E-state index contributed by atoms with van der Waals surface area (Å²) in [6.07, 6.45) is 0. The van der Waals surface area contributed by atoms with Crippen molar-refractivity contribution in [2.45, 2.75) is 34.6 Å². The quantitative estimate of drug-likeness (QED) is 0.673. The second kappa shape index (κ2) is 17.8. The number of hydroxylamine groups is 2. The summed E-state index contributed by atoms with van der Waals surface area (Å²) in [4.78, 5) is 0. The molecule has 3 nitrogen and oxygen atoms in total. The van der Waals surface area contributed by atoms with E-state index in [0.29, 0.717) is 5.92 Å². The van der Waals surface area contributed by atoms with Crippen LogP contribution in [0.15, 0.2) is 0 Å². The molecule has 0 saturated heterocycles. The lowest BCUT2D eigenvalue weighted by molar-refractivity contribution is -0.0728. The summed E-state index contributed by atoms with van der Waals surface area (Å²) >= 11 is 0. The molecular weight excluding hydrogens is 164 g/mol. The Balaban J connectivity index is -0.000000142. The van der Waals surface area contributed by atoms with Gasteiger partial charge < -0.3 is 10.5 Å². The third-order valence-corrected chi connectivity index (χ3v) is 0.983. The Morgan fingerprint density at radius 1 is 1.31 bits per heavy atom. The number of hydrogen-bond acceptors (Lipinski definition) is 3. The van der Waals surface area contributed by atoms with Crippen LogP contribution in [0.1, 0.15) is 34.6 Å². The molecule has 0 aliphatic carbocycles. The molecule has 0 spiro atoms. The van der Waals surface area contributed by atoms with Crippen LogP contribution in [0.3, 0.4) is 0 Å². The fourth-order valence-electron chi connectivity index (χ4n) is 0.528. The molecule has 3 heteroatoms. The van der Waals surface area contributed by atoms with E-state index in [-0.39, 0.29) is 0 Å². The van der Waals surface area contributed by atoms with E-state index in [2.05, 4.69) is 26.1 Å². The maximum absolute atomic E-state index is 8.56. The van der Waals surface area contributed by atoms with Gasteiger partial charge in [0.25, 0.3) is 0 Å². The minimum atomic E-state index is 0.551. The van der Waals surface area contributed by atoms with Crippen LogP contribution in [0, 0.1) is 5.92 Å². The van der Waals surface area contributed by atoms with Crippen molar-refractivity contribution < 1.29 is 5.21 Å². The molecule has 0 rings (SSSR count). The zero-order valence-electron chi connectivity index (χ0n) is 10.4. The number of hydrogen-bond donors (Lipinski definition) is 2. The molecule has 0 aliphatic rings. The van der Waals surface area contributed by atoms with Crippen molar-refractivity contribution in [2.75, 3.05) is 27.2 Å². The highest BCUT2D eigenvalue weighted by Gasteiger charge is 1.93. The molecule has 0 aliphatic heterocycles. The normalized spacial score (nSPS) is 8.77. The molecule has 0 heterocycles. The summed E-state index contributed by atoms with van der Waals surface area (Å²) in [6, 6.07) is 0. The van der Waals surface area contributed by atoms with E-state index in [1.54, 1.807) is 7.05 Å². The van der Waals surface area contributed by atoms with Crippen LogP contribution < -0.4 is 5.32 Å². The van der Waals surface area contributed by atoms with Gasteiger partial charge in [-0.05, 0) is 19.5 Å². The van der Waals surface area contributed by atoms with Gasteiger partial charge >= 0.3 is 0 Å². The van der Waals surface area contributed by atoms with E-state index in [4.69, 9.17) is 5.21 Å². The van der Waals surface area contributed by atoms with Crippen LogP contribution in [0.2, 0.25) is 0 Å². The first kappa shape index (κ1) is 18.6. The third kappa shape index (κ3) is 48.7. The highest BCUT2D eigenvalue weighted by molar-refractivity contribution is 4.42. The summed E-state index contributed by atoms with van der Waals surface area (Å²) in [6.45, 7) is 12.0. The SMILES string of the molecule is CC.CC(C)CN(C)O.CCNC. The maximum Gasteiger partial charge on any atom is 0.0258 e. The standard InChI is InChI=1S/C5H13NO.C3H9N.C2H6/c1-5(2)4-6(3)7;1-3-4-2;1-2/h5,7H,4H2,1-3H3;4H,3H2,1-2H3;1-2H3. The van der Waals surface area contributed by atoms with Crippen LogP contribution in [0.4, 0.5) is 0 Å². The van der Waals surface area contributed by atoms with E-state index in [1.807, 2.05) is 20.9 Å². The predicted octanol–water partition coefficient (Wildman–Crippen LogP) is 2.22. The first-order chi connectivity index (χ1) is 6.04. The van der Waals surface area contributed by atoms with Crippen molar-refractivity contribution in [2.24, 2.45) is 5.92 Å². The summed E-state index contributed by atoms with van der Waals surface area (Å²) in [5.74, 6) is 0.551. The minimum absolute atomic E-state index is 0.551. The molecule has 0 atom stereocenters. The van der Waals surface area contributed by atoms with Crippen LogP contribution >= 0.6 is 0 Å². The average Bonchev–Trinajstić information content (AvgIpc) is 2.06. The lowest BCUT2D eigenvalue weighted by Crippen LogP contribution is -2.18. The van der Waals surface area contributed by atoms with E-state index in [0.717, 1.165) is 13.1 Å². The Morgan fingerprint density at radius 2 is 1.62 bits per heavy atom. The molecule has 2 N–H and O–H groups in total.